The lowest BCUT2D eigenvalue weighted by atomic mass is 10.1. The number of amides is 2. The van der Waals surface area contributed by atoms with E-state index in [9.17, 15) is 18.4 Å². The molecule has 0 fully saturated rings. The minimum Gasteiger partial charge on any atom is -0.352 e. The molecule has 2 amide bonds. The van der Waals surface area contributed by atoms with Crippen LogP contribution in [-0.4, -0.2) is 28.1 Å². The third-order valence-corrected chi connectivity index (χ3v) is 4.46. The van der Waals surface area contributed by atoms with E-state index < -0.39 is 17.5 Å². The van der Waals surface area contributed by atoms with Crippen molar-refractivity contribution in [2.45, 2.75) is 25.9 Å². The van der Waals surface area contributed by atoms with Crippen LogP contribution in [0.5, 0.6) is 0 Å². The van der Waals surface area contributed by atoms with Crippen molar-refractivity contribution in [1.82, 2.24) is 20.4 Å². The Kier molecular flexibility index (Phi) is 7.26. The molecule has 0 radical (unpaired) electrons. The van der Waals surface area contributed by atoms with Crippen LogP contribution in [0.25, 0.3) is 0 Å². The van der Waals surface area contributed by atoms with E-state index in [-0.39, 0.29) is 24.4 Å². The first-order valence-corrected chi connectivity index (χ1v) is 9.56. The molecule has 8 heteroatoms. The number of carbonyl (C=O) groups is 2. The van der Waals surface area contributed by atoms with Crippen molar-refractivity contribution in [2.24, 2.45) is 0 Å². The van der Waals surface area contributed by atoms with Gasteiger partial charge in [0, 0.05) is 38.0 Å². The smallest absolute Gasteiger partial charge is 0.254 e. The summed E-state index contributed by atoms with van der Waals surface area (Å²) in [6, 6.07) is 12.5. The molecular formula is C22H22F2N4O2. The van der Waals surface area contributed by atoms with Gasteiger partial charge in [0.25, 0.3) is 5.91 Å². The van der Waals surface area contributed by atoms with Crippen LogP contribution in [0.15, 0.2) is 60.9 Å². The molecule has 0 saturated carbocycles. The van der Waals surface area contributed by atoms with Gasteiger partial charge in [-0.25, -0.2) is 8.78 Å². The summed E-state index contributed by atoms with van der Waals surface area (Å²) < 4.78 is 28.3. The van der Waals surface area contributed by atoms with E-state index >= 15 is 0 Å². The van der Waals surface area contributed by atoms with Crippen LogP contribution >= 0.6 is 0 Å². The number of hydrogen-bond donors (Lipinski definition) is 2. The third kappa shape index (κ3) is 6.23. The first-order chi connectivity index (χ1) is 14.5. The quantitative estimate of drug-likeness (QED) is 0.531. The van der Waals surface area contributed by atoms with Crippen molar-refractivity contribution < 1.29 is 18.4 Å². The lowest BCUT2D eigenvalue weighted by Crippen LogP contribution is -2.28. The number of aromatic nitrogens is 2. The van der Waals surface area contributed by atoms with Gasteiger partial charge in [-0.3, -0.25) is 14.3 Å². The van der Waals surface area contributed by atoms with Crippen LogP contribution in [-0.2, 0) is 17.9 Å². The van der Waals surface area contributed by atoms with E-state index in [0.29, 0.717) is 25.6 Å². The lowest BCUT2D eigenvalue weighted by molar-refractivity contribution is -0.121. The zero-order chi connectivity index (χ0) is 21.3. The van der Waals surface area contributed by atoms with Gasteiger partial charge in [0.05, 0.1) is 12.1 Å². The highest BCUT2D eigenvalue weighted by Gasteiger charge is 2.12. The summed E-state index contributed by atoms with van der Waals surface area (Å²) in [6.45, 7) is 1.31. The van der Waals surface area contributed by atoms with Gasteiger partial charge in [-0.1, -0.05) is 24.3 Å². The van der Waals surface area contributed by atoms with Crippen LogP contribution in [0.1, 0.15) is 34.3 Å². The number of nitrogens with one attached hydrogen (secondary N) is 2. The highest BCUT2D eigenvalue weighted by atomic mass is 19.1. The van der Waals surface area contributed by atoms with Crippen molar-refractivity contribution in [2.75, 3.05) is 6.54 Å². The SMILES string of the molecule is O=C(CCCNC(=O)c1ccc(F)cc1F)NCc1ccc(Cn2cccn2)cc1. The lowest BCUT2D eigenvalue weighted by Gasteiger charge is -2.08. The maximum absolute atomic E-state index is 13.5. The van der Waals surface area contributed by atoms with Crippen LogP contribution in [0, 0.1) is 11.6 Å². The van der Waals surface area contributed by atoms with E-state index in [0.717, 1.165) is 23.3 Å². The monoisotopic (exact) mass is 412 g/mol. The molecule has 6 nitrogen and oxygen atoms in total. The minimum absolute atomic E-state index is 0.141. The number of halogens is 2. The molecule has 2 N–H and O–H groups in total. The third-order valence-electron chi connectivity index (χ3n) is 4.46. The largest absolute Gasteiger partial charge is 0.352 e. The number of carbonyl (C=O) groups excluding carboxylic acids is 2. The Hall–Kier alpha value is -3.55. The fourth-order valence-corrected chi connectivity index (χ4v) is 2.85. The van der Waals surface area contributed by atoms with Crippen LogP contribution in [0.3, 0.4) is 0 Å². The van der Waals surface area contributed by atoms with Gasteiger partial charge in [0.2, 0.25) is 5.91 Å². The fourth-order valence-electron chi connectivity index (χ4n) is 2.85. The zero-order valence-corrected chi connectivity index (χ0v) is 16.3. The van der Waals surface area contributed by atoms with Gasteiger partial charge in [0.15, 0.2) is 0 Å². The summed E-state index contributed by atoms with van der Waals surface area (Å²) in [4.78, 5) is 23.8. The fraction of sp³-hybridized carbons (Fsp3) is 0.227. The van der Waals surface area contributed by atoms with Crippen LogP contribution < -0.4 is 10.6 Å². The molecule has 0 saturated heterocycles. The van der Waals surface area contributed by atoms with Crippen LogP contribution in [0.4, 0.5) is 8.78 Å². The van der Waals surface area contributed by atoms with Gasteiger partial charge in [-0.15, -0.1) is 0 Å². The normalized spacial score (nSPS) is 10.6. The Bertz CT molecular complexity index is 989. The Morgan fingerprint density at radius 1 is 1.00 bits per heavy atom. The van der Waals surface area contributed by atoms with E-state index in [4.69, 9.17) is 0 Å². The maximum atomic E-state index is 13.5. The second-order valence-electron chi connectivity index (χ2n) is 6.78. The summed E-state index contributed by atoms with van der Waals surface area (Å²) in [7, 11) is 0. The summed E-state index contributed by atoms with van der Waals surface area (Å²) in [5.74, 6) is -2.44. The Labute approximate surface area is 172 Å². The standard InChI is InChI=1S/C22H22F2N4O2/c23-18-8-9-19(20(24)13-18)22(30)25-10-1-3-21(29)26-14-16-4-6-17(7-5-16)15-28-12-2-11-27-28/h2,4-9,11-13H,1,3,10,14-15H2,(H,25,30)(H,26,29). The van der Waals surface area contributed by atoms with Gasteiger partial charge < -0.3 is 10.6 Å². The molecule has 30 heavy (non-hydrogen) atoms. The van der Waals surface area contributed by atoms with Gasteiger partial charge >= 0.3 is 0 Å². The average Bonchev–Trinajstić information content (AvgIpc) is 3.23. The van der Waals surface area contributed by atoms with E-state index in [1.807, 2.05) is 41.2 Å². The second kappa shape index (κ2) is 10.3. The first kappa shape index (κ1) is 21.2. The van der Waals surface area contributed by atoms with Crippen molar-refractivity contribution in [3.05, 3.63) is 89.2 Å². The molecule has 0 atom stereocenters. The molecule has 0 bridgehead atoms. The second-order valence-corrected chi connectivity index (χ2v) is 6.78. The molecule has 156 valence electrons. The summed E-state index contributed by atoms with van der Waals surface area (Å²) in [6.07, 6.45) is 4.26. The van der Waals surface area contributed by atoms with Gasteiger partial charge in [-0.2, -0.15) is 5.10 Å². The molecule has 0 aliphatic rings. The van der Waals surface area contributed by atoms with E-state index in [1.54, 1.807) is 6.20 Å². The van der Waals surface area contributed by atoms with Gasteiger partial charge in [0.1, 0.15) is 11.6 Å². The Morgan fingerprint density at radius 2 is 1.77 bits per heavy atom. The van der Waals surface area contributed by atoms with Gasteiger partial charge in [-0.05, 0) is 35.7 Å². The number of hydrogen-bond acceptors (Lipinski definition) is 3. The van der Waals surface area contributed by atoms with Crippen molar-refractivity contribution in [3.63, 3.8) is 0 Å². The van der Waals surface area contributed by atoms with E-state index in [1.165, 1.54) is 0 Å². The van der Waals surface area contributed by atoms with Crippen molar-refractivity contribution in [3.8, 4) is 0 Å². The highest BCUT2D eigenvalue weighted by Crippen LogP contribution is 2.09. The topological polar surface area (TPSA) is 76.0 Å². The molecule has 1 heterocycles. The molecule has 0 spiro atoms. The van der Waals surface area contributed by atoms with E-state index in [2.05, 4.69) is 15.7 Å². The Balaban J connectivity index is 1.34. The molecule has 1 aromatic heterocycles. The molecule has 0 aliphatic carbocycles. The number of benzene rings is 2. The summed E-state index contributed by atoms with van der Waals surface area (Å²) in [5.41, 5.74) is 1.87. The van der Waals surface area contributed by atoms with Crippen molar-refractivity contribution >= 4 is 11.8 Å². The average molecular weight is 412 g/mol. The predicted octanol–water partition coefficient (Wildman–Crippen LogP) is 3.04. The molecular weight excluding hydrogens is 390 g/mol. The molecule has 2 aromatic carbocycles. The summed E-state index contributed by atoms with van der Waals surface area (Å²) in [5, 5.41) is 9.52. The van der Waals surface area contributed by atoms with Crippen LogP contribution in [0.2, 0.25) is 0 Å². The number of nitrogens with zero attached hydrogens (tertiary/aromatic N) is 2. The zero-order valence-electron chi connectivity index (χ0n) is 16.3. The first-order valence-electron chi connectivity index (χ1n) is 9.56. The summed E-state index contributed by atoms with van der Waals surface area (Å²) >= 11 is 0. The molecule has 0 unspecified atom stereocenters. The Morgan fingerprint density at radius 3 is 2.47 bits per heavy atom. The molecule has 3 aromatic rings. The highest BCUT2D eigenvalue weighted by molar-refractivity contribution is 5.94. The van der Waals surface area contributed by atoms with Crippen molar-refractivity contribution in [1.29, 1.82) is 0 Å². The predicted molar refractivity (Wildman–Crippen MR) is 108 cm³/mol. The molecule has 3 rings (SSSR count). The number of rotatable bonds is 9. The molecule has 0 aliphatic heterocycles. The maximum Gasteiger partial charge on any atom is 0.254 e. The minimum atomic E-state index is -0.916.